The Hall–Kier alpha value is -0.830. The van der Waals surface area contributed by atoms with Crippen LogP contribution in [-0.2, 0) is 0 Å². The van der Waals surface area contributed by atoms with E-state index >= 15 is 0 Å². The average Bonchev–Trinajstić information content (AvgIpc) is 3.19. The Kier molecular flexibility index (Phi) is 3.33. The van der Waals surface area contributed by atoms with Crippen LogP contribution in [0.1, 0.15) is 0 Å². The highest BCUT2D eigenvalue weighted by Gasteiger charge is 2.15. The molecule has 98 valence electrons. The Balaban J connectivity index is 1.96. The predicted octanol–water partition coefficient (Wildman–Crippen LogP) is 5.75. The summed E-state index contributed by atoms with van der Waals surface area (Å²) in [5.74, 6) is 0.830. The molecule has 0 spiro atoms. The molecule has 2 nitrogen and oxygen atoms in total. The minimum Gasteiger partial charge on any atom is -0.220 e. The first-order valence-electron chi connectivity index (χ1n) is 5.85. The zero-order valence-corrected chi connectivity index (χ0v) is 14.6. The van der Waals surface area contributed by atoms with E-state index in [0.717, 1.165) is 19.2 Å². The van der Waals surface area contributed by atoms with Gasteiger partial charge in [0.05, 0.1) is 10.3 Å². The lowest BCUT2D eigenvalue weighted by atomic mass is 10.2. The summed E-state index contributed by atoms with van der Waals surface area (Å²) >= 11 is 7.45. The summed E-state index contributed by atoms with van der Waals surface area (Å²) in [7, 11) is 0. The molecule has 0 amide bonds. The van der Waals surface area contributed by atoms with Gasteiger partial charge in [-0.3, -0.25) is 0 Å². The number of hydrogen-bond acceptors (Lipinski definition) is 5. The molecule has 4 aromatic heterocycles. The lowest BCUT2D eigenvalue weighted by Crippen LogP contribution is -1.90. The van der Waals surface area contributed by atoms with Crippen LogP contribution in [0.2, 0.25) is 0 Å². The van der Waals surface area contributed by atoms with Gasteiger partial charge in [-0.05, 0) is 45.5 Å². The maximum absolute atomic E-state index is 4.73. The molecule has 0 atom stereocenters. The van der Waals surface area contributed by atoms with Crippen molar-refractivity contribution in [3.05, 3.63) is 44.1 Å². The van der Waals surface area contributed by atoms with Gasteiger partial charge in [-0.25, -0.2) is 9.97 Å². The molecule has 0 unspecified atom stereocenters. The number of aromatic nitrogens is 2. The summed E-state index contributed by atoms with van der Waals surface area (Å²) in [6.07, 6.45) is 0. The molecular formula is C14H7IN2S3. The summed E-state index contributed by atoms with van der Waals surface area (Å²) < 4.78 is 1.03. The van der Waals surface area contributed by atoms with Gasteiger partial charge >= 0.3 is 0 Å². The Morgan fingerprint density at radius 1 is 0.900 bits per heavy atom. The van der Waals surface area contributed by atoms with Crippen molar-refractivity contribution in [2.45, 2.75) is 0 Å². The van der Waals surface area contributed by atoms with E-state index in [4.69, 9.17) is 4.98 Å². The summed E-state index contributed by atoms with van der Waals surface area (Å²) in [6.45, 7) is 0. The lowest BCUT2D eigenvalue weighted by molar-refractivity contribution is 1.22. The van der Waals surface area contributed by atoms with Crippen LogP contribution in [0.25, 0.3) is 31.4 Å². The largest absolute Gasteiger partial charge is 0.220 e. The zero-order valence-electron chi connectivity index (χ0n) is 10.0. The summed E-state index contributed by atoms with van der Waals surface area (Å²) in [5, 5.41) is 7.53. The fourth-order valence-electron chi connectivity index (χ4n) is 2.03. The molecule has 0 bridgehead atoms. The number of halogens is 1. The number of nitrogens with zero attached hydrogens (tertiary/aromatic N) is 2. The fraction of sp³-hybridized carbons (Fsp3) is 0. The maximum Gasteiger partial charge on any atom is 0.171 e. The van der Waals surface area contributed by atoms with Gasteiger partial charge in [0.25, 0.3) is 0 Å². The van der Waals surface area contributed by atoms with Gasteiger partial charge < -0.3 is 0 Å². The van der Waals surface area contributed by atoms with Crippen LogP contribution < -0.4 is 0 Å². The highest BCUT2D eigenvalue weighted by Crippen LogP contribution is 2.38. The van der Waals surface area contributed by atoms with E-state index in [-0.39, 0.29) is 0 Å². The number of rotatable bonds is 2. The molecule has 0 N–H and O–H groups in total. The molecule has 6 heteroatoms. The molecule has 0 aliphatic rings. The molecule has 4 heterocycles. The smallest absolute Gasteiger partial charge is 0.171 e. The Labute approximate surface area is 141 Å². The molecule has 4 aromatic rings. The highest BCUT2D eigenvalue weighted by molar-refractivity contribution is 14.1. The summed E-state index contributed by atoms with van der Waals surface area (Å²) in [4.78, 5) is 12.9. The Bertz CT molecular complexity index is 864. The van der Waals surface area contributed by atoms with Crippen molar-refractivity contribution in [3.63, 3.8) is 0 Å². The average molecular weight is 426 g/mol. The van der Waals surface area contributed by atoms with Crippen LogP contribution in [-0.4, -0.2) is 9.97 Å². The van der Waals surface area contributed by atoms with E-state index in [1.54, 1.807) is 34.0 Å². The molecular weight excluding hydrogens is 419 g/mol. The molecule has 0 aliphatic heterocycles. The van der Waals surface area contributed by atoms with Gasteiger partial charge in [0.1, 0.15) is 8.53 Å². The normalized spacial score (nSPS) is 11.2. The molecule has 0 radical (unpaired) electrons. The molecule has 0 aliphatic carbocycles. The van der Waals surface area contributed by atoms with Gasteiger partial charge in [0, 0.05) is 15.8 Å². The summed E-state index contributed by atoms with van der Waals surface area (Å²) in [5.41, 5.74) is 1.25. The van der Waals surface area contributed by atoms with Crippen LogP contribution in [0.3, 0.4) is 0 Å². The lowest BCUT2D eigenvalue weighted by Gasteiger charge is -2.01. The van der Waals surface area contributed by atoms with Crippen molar-refractivity contribution in [3.8, 4) is 21.1 Å². The number of hydrogen-bond donors (Lipinski definition) is 0. The second kappa shape index (κ2) is 5.18. The van der Waals surface area contributed by atoms with Crippen LogP contribution in [0, 0.1) is 3.70 Å². The quantitative estimate of drug-likeness (QED) is 0.301. The van der Waals surface area contributed by atoms with E-state index in [9.17, 15) is 0 Å². The first kappa shape index (κ1) is 12.9. The van der Waals surface area contributed by atoms with Gasteiger partial charge in [0.15, 0.2) is 5.82 Å². The van der Waals surface area contributed by atoms with Crippen LogP contribution in [0.5, 0.6) is 0 Å². The van der Waals surface area contributed by atoms with Crippen molar-refractivity contribution >= 4 is 66.8 Å². The molecule has 0 fully saturated rings. The SMILES string of the molecule is Ic1nc(-c2cccs2)nc2scc(-c3cccs3)c12. The number of fused-ring (bicyclic) bond motifs is 1. The second-order valence-electron chi connectivity index (χ2n) is 4.12. The highest BCUT2D eigenvalue weighted by atomic mass is 127. The van der Waals surface area contributed by atoms with Crippen LogP contribution in [0.4, 0.5) is 0 Å². The van der Waals surface area contributed by atoms with Crippen molar-refractivity contribution in [2.24, 2.45) is 0 Å². The number of thiophene rings is 3. The van der Waals surface area contributed by atoms with Gasteiger partial charge in [-0.2, -0.15) is 0 Å². The van der Waals surface area contributed by atoms with E-state index in [2.05, 4.69) is 61.9 Å². The minimum atomic E-state index is 0.830. The standard InChI is InChI=1S/C14H7IN2S3/c15-12-11-8(9-3-1-5-18-9)7-20-14(11)17-13(16-12)10-4-2-6-19-10/h1-7H. The van der Waals surface area contributed by atoms with E-state index in [0.29, 0.717) is 0 Å². The van der Waals surface area contributed by atoms with E-state index < -0.39 is 0 Å². The molecule has 0 aromatic carbocycles. The van der Waals surface area contributed by atoms with Gasteiger partial charge in [-0.1, -0.05) is 12.1 Å². The Morgan fingerprint density at radius 2 is 1.65 bits per heavy atom. The monoisotopic (exact) mass is 426 g/mol. The third kappa shape index (κ3) is 2.11. The van der Waals surface area contributed by atoms with Gasteiger partial charge in [0.2, 0.25) is 0 Å². The third-order valence-corrected chi connectivity index (χ3v) is 6.34. The van der Waals surface area contributed by atoms with Crippen molar-refractivity contribution in [1.82, 2.24) is 9.97 Å². The topological polar surface area (TPSA) is 25.8 Å². The first-order valence-corrected chi connectivity index (χ1v) is 9.57. The Morgan fingerprint density at radius 3 is 2.35 bits per heavy atom. The van der Waals surface area contributed by atoms with Crippen molar-refractivity contribution in [2.75, 3.05) is 0 Å². The van der Waals surface area contributed by atoms with Gasteiger partial charge in [-0.15, -0.1) is 34.0 Å². The first-order chi connectivity index (χ1) is 9.83. The maximum atomic E-state index is 4.73. The van der Waals surface area contributed by atoms with Crippen molar-refractivity contribution < 1.29 is 0 Å². The van der Waals surface area contributed by atoms with Crippen LogP contribution >= 0.6 is 56.6 Å². The molecule has 4 rings (SSSR count). The third-order valence-electron chi connectivity index (χ3n) is 2.92. The molecule has 0 saturated carbocycles. The summed E-state index contributed by atoms with van der Waals surface area (Å²) in [6, 6.07) is 8.33. The fourth-order valence-corrected chi connectivity index (χ4v) is 5.40. The van der Waals surface area contributed by atoms with Crippen molar-refractivity contribution in [1.29, 1.82) is 0 Å². The van der Waals surface area contributed by atoms with E-state index in [1.165, 1.54) is 15.8 Å². The second-order valence-corrected chi connectivity index (χ2v) is 7.90. The minimum absolute atomic E-state index is 0.830. The molecule has 0 saturated heterocycles. The molecule has 20 heavy (non-hydrogen) atoms. The predicted molar refractivity (Wildman–Crippen MR) is 96.8 cm³/mol. The zero-order chi connectivity index (χ0) is 13.5. The van der Waals surface area contributed by atoms with E-state index in [1.807, 2.05) is 6.07 Å². The van der Waals surface area contributed by atoms with Crippen LogP contribution in [0.15, 0.2) is 40.4 Å².